The molecule has 0 unspecified atom stereocenters. The molecule has 0 saturated carbocycles. The number of rotatable bonds is 9. The van der Waals surface area contributed by atoms with Crippen molar-refractivity contribution < 1.29 is 9.53 Å². The molecule has 3 aromatic carbocycles. The van der Waals surface area contributed by atoms with Crippen molar-refractivity contribution in [2.75, 3.05) is 6.54 Å². The quantitative estimate of drug-likeness (QED) is 0.144. The van der Waals surface area contributed by atoms with E-state index in [-0.39, 0.29) is 5.91 Å². The number of ether oxygens (including phenoxy) is 1. The van der Waals surface area contributed by atoms with Crippen molar-refractivity contribution in [1.29, 1.82) is 0 Å². The number of carbonyl (C=O) groups excluding carboxylic acids is 1. The third-order valence-corrected chi connectivity index (χ3v) is 8.16. The molecule has 198 valence electrons. The summed E-state index contributed by atoms with van der Waals surface area (Å²) in [7, 11) is 0. The highest BCUT2D eigenvalue weighted by molar-refractivity contribution is 8.26. The first-order chi connectivity index (χ1) is 18.9. The van der Waals surface area contributed by atoms with Crippen LogP contribution in [0.15, 0.2) is 83.9 Å². The number of para-hydroxylation sites is 1. The van der Waals surface area contributed by atoms with Crippen LogP contribution in [-0.2, 0) is 11.4 Å². The van der Waals surface area contributed by atoms with E-state index in [0.717, 1.165) is 40.9 Å². The third-order valence-electron chi connectivity index (χ3n) is 6.20. The molecule has 1 amide bonds. The summed E-state index contributed by atoms with van der Waals surface area (Å²) in [4.78, 5) is 15.4. The van der Waals surface area contributed by atoms with E-state index < -0.39 is 0 Å². The second-order valence-corrected chi connectivity index (χ2v) is 11.5. The van der Waals surface area contributed by atoms with Crippen LogP contribution in [0.5, 0.6) is 5.75 Å². The van der Waals surface area contributed by atoms with Crippen LogP contribution < -0.4 is 4.74 Å². The number of aromatic nitrogens is 2. The average Bonchev–Trinajstić information content (AvgIpc) is 3.48. The van der Waals surface area contributed by atoms with E-state index in [9.17, 15) is 4.79 Å². The molecule has 1 saturated heterocycles. The second-order valence-electron chi connectivity index (χ2n) is 8.95. The lowest BCUT2D eigenvalue weighted by Crippen LogP contribution is -2.28. The number of unbranched alkanes of at least 4 members (excludes halogenated alkanes) is 1. The van der Waals surface area contributed by atoms with E-state index in [1.807, 2.05) is 77.6 Å². The summed E-state index contributed by atoms with van der Waals surface area (Å²) in [5.74, 6) is 0.645. The van der Waals surface area contributed by atoms with Gasteiger partial charge in [0.2, 0.25) is 0 Å². The van der Waals surface area contributed by atoms with Crippen molar-refractivity contribution in [3.63, 3.8) is 0 Å². The van der Waals surface area contributed by atoms with E-state index in [0.29, 0.717) is 38.2 Å². The first-order valence-corrected chi connectivity index (χ1v) is 14.5. The topological polar surface area (TPSA) is 47.4 Å². The van der Waals surface area contributed by atoms with Gasteiger partial charge in [-0.2, -0.15) is 5.10 Å². The molecule has 39 heavy (non-hydrogen) atoms. The largest absolute Gasteiger partial charge is 0.489 e. The molecule has 4 aromatic rings. The highest BCUT2D eigenvalue weighted by Gasteiger charge is 2.31. The van der Waals surface area contributed by atoms with Crippen molar-refractivity contribution in [2.45, 2.75) is 26.4 Å². The van der Waals surface area contributed by atoms with Crippen LogP contribution >= 0.6 is 47.2 Å². The maximum Gasteiger partial charge on any atom is 0.266 e. The lowest BCUT2D eigenvalue weighted by Gasteiger charge is -2.12. The van der Waals surface area contributed by atoms with Crippen molar-refractivity contribution >= 4 is 63.5 Å². The lowest BCUT2D eigenvalue weighted by atomic mass is 10.1. The monoisotopic (exact) mass is 593 g/mol. The van der Waals surface area contributed by atoms with Gasteiger partial charge in [0.15, 0.2) is 0 Å². The van der Waals surface area contributed by atoms with Crippen LogP contribution in [-0.4, -0.2) is 31.5 Å². The fourth-order valence-electron chi connectivity index (χ4n) is 4.09. The van der Waals surface area contributed by atoms with E-state index in [2.05, 4.69) is 6.92 Å². The van der Waals surface area contributed by atoms with Crippen LogP contribution in [0.4, 0.5) is 0 Å². The highest BCUT2D eigenvalue weighted by atomic mass is 35.5. The van der Waals surface area contributed by atoms with Crippen LogP contribution in [0.1, 0.15) is 30.9 Å². The maximum absolute atomic E-state index is 13.1. The Labute approximate surface area is 247 Å². The fraction of sp³-hybridized carbons (Fsp3) is 0.167. The number of nitrogens with zero attached hydrogens (tertiary/aromatic N) is 3. The molecular weight excluding hydrogens is 569 g/mol. The van der Waals surface area contributed by atoms with Gasteiger partial charge in [-0.15, -0.1) is 0 Å². The number of hydrogen-bond donors (Lipinski definition) is 0. The summed E-state index contributed by atoms with van der Waals surface area (Å²) >= 11 is 19.1. The van der Waals surface area contributed by atoms with Gasteiger partial charge in [0.05, 0.1) is 16.3 Å². The summed E-state index contributed by atoms with van der Waals surface area (Å²) in [5.41, 5.74) is 4.26. The summed E-state index contributed by atoms with van der Waals surface area (Å²) in [6.07, 6.45) is 5.74. The summed E-state index contributed by atoms with van der Waals surface area (Å²) in [6.45, 7) is 3.06. The van der Waals surface area contributed by atoms with E-state index in [1.54, 1.807) is 17.0 Å². The van der Waals surface area contributed by atoms with Gasteiger partial charge in [0, 0.05) is 39.5 Å². The predicted octanol–water partition coefficient (Wildman–Crippen LogP) is 8.43. The van der Waals surface area contributed by atoms with Crippen LogP contribution in [0.2, 0.25) is 10.0 Å². The number of thiocarbonyl (C=S) groups is 1. The minimum Gasteiger partial charge on any atom is -0.489 e. The first-order valence-electron chi connectivity index (χ1n) is 12.5. The summed E-state index contributed by atoms with van der Waals surface area (Å²) in [5, 5.41) is 6.03. The second kappa shape index (κ2) is 12.4. The Kier molecular flexibility index (Phi) is 8.72. The molecule has 1 aliphatic rings. The van der Waals surface area contributed by atoms with Crippen molar-refractivity contribution in [1.82, 2.24) is 14.7 Å². The maximum atomic E-state index is 13.1. The van der Waals surface area contributed by atoms with Gasteiger partial charge in [0.25, 0.3) is 5.91 Å². The molecule has 0 aliphatic carbocycles. The van der Waals surface area contributed by atoms with Gasteiger partial charge < -0.3 is 4.74 Å². The molecule has 0 radical (unpaired) electrons. The SMILES string of the molecule is CCCCN1C(=O)/C(=C/c2cn(-c3ccccc3)nc2-c2ccc(OCc3ccc(Cl)cc3Cl)cc2)SC1=S. The number of benzene rings is 3. The fourth-order valence-corrected chi connectivity index (χ4v) is 5.85. The van der Waals surface area contributed by atoms with E-state index >= 15 is 0 Å². The summed E-state index contributed by atoms with van der Waals surface area (Å²) < 4.78 is 8.37. The lowest BCUT2D eigenvalue weighted by molar-refractivity contribution is -0.122. The third kappa shape index (κ3) is 6.39. The molecule has 5 rings (SSSR count). The van der Waals surface area contributed by atoms with Crippen molar-refractivity contribution in [2.24, 2.45) is 0 Å². The molecule has 0 N–H and O–H groups in total. The minimum absolute atomic E-state index is 0.0542. The minimum atomic E-state index is -0.0542. The van der Waals surface area contributed by atoms with Gasteiger partial charge in [0.1, 0.15) is 16.7 Å². The predicted molar refractivity (Wildman–Crippen MR) is 165 cm³/mol. The molecule has 1 aromatic heterocycles. The van der Waals surface area contributed by atoms with Gasteiger partial charge in [-0.05, 0) is 61.0 Å². The zero-order valence-electron chi connectivity index (χ0n) is 21.1. The van der Waals surface area contributed by atoms with E-state index in [1.165, 1.54) is 11.8 Å². The molecule has 1 fully saturated rings. The Morgan fingerprint density at radius 3 is 2.54 bits per heavy atom. The van der Waals surface area contributed by atoms with Gasteiger partial charge in [-0.25, -0.2) is 4.68 Å². The van der Waals surface area contributed by atoms with Crippen LogP contribution in [0.3, 0.4) is 0 Å². The molecule has 0 atom stereocenters. The first kappa shape index (κ1) is 27.5. The molecular formula is C30H25Cl2N3O2S2. The number of hydrogen-bond acceptors (Lipinski definition) is 5. The van der Waals surface area contributed by atoms with Crippen molar-refractivity contribution in [3.8, 4) is 22.7 Å². The smallest absolute Gasteiger partial charge is 0.266 e. The Morgan fingerprint density at radius 1 is 1.05 bits per heavy atom. The number of amides is 1. The molecule has 1 aliphatic heterocycles. The molecule has 0 spiro atoms. The number of thioether (sulfide) groups is 1. The van der Waals surface area contributed by atoms with Crippen LogP contribution in [0.25, 0.3) is 23.0 Å². The molecule has 2 heterocycles. The zero-order chi connectivity index (χ0) is 27.4. The van der Waals surface area contributed by atoms with E-state index in [4.69, 9.17) is 45.3 Å². The zero-order valence-corrected chi connectivity index (χ0v) is 24.3. The Morgan fingerprint density at radius 2 is 1.82 bits per heavy atom. The number of carbonyl (C=O) groups is 1. The van der Waals surface area contributed by atoms with Crippen molar-refractivity contribution in [3.05, 3.63) is 105 Å². The highest BCUT2D eigenvalue weighted by Crippen LogP contribution is 2.35. The van der Waals surface area contributed by atoms with Gasteiger partial charge in [-0.3, -0.25) is 9.69 Å². The Balaban J connectivity index is 1.43. The van der Waals surface area contributed by atoms with Gasteiger partial charge in [-0.1, -0.05) is 84.8 Å². The Hall–Kier alpha value is -3.10. The van der Waals surface area contributed by atoms with Crippen LogP contribution in [0, 0.1) is 0 Å². The average molecular weight is 595 g/mol. The molecule has 5 nitrogen and oxygen atoms in total. The molecule has 9 heteroatoms. The molecule has 0 bridgehead atoms. The normalized spacial score (nSPS) is 14.4. The van der Waals surface area contributed by atoms with Gasteiger partial charge >= 0.3 is 0 Å². The Bertz CT molecular complexity index is 1540. The number of halogens is 2. The summed E-state index contributed by atoms with van der Waals surface area (Å²) in [6, 6.07) is 22.9. The standard InChI is InChI=1S/C30H25Cl2N3O2S2/c1-2-3-15-34-29(36)27(39-30(34)38)16-22-18-35(24-7-5-4-6-8-24)33-28(22)20-10-13-25(14-11-20)37-19-21-9-12-23(31)17-26(21)32/h4-14,16-18H,2-3,15,19H2,1H3/b27-16-.